The Balaban J connectivity index is 1.73. The lowest BCUT2D eigenvalue weighted by molar-refractivity contribution is 0.0293. The molecule has 1 aromatic rings. The van der Waals surface area contributed by atoms with Crippen LogP contribution in [0.1, 0.15) is 33.2 Å². The molecule has 0 saturated carbocycles. The predicted octanol–water partition coefficient (Wildman–Crippen LogP) is 0.779. The Labute approximate surface area is 110 Å². The molecule has 0 aromatic carbocycles. The Morgan fingerprint density at radius 1 is 1.44 bits per heavy atom. The molecule has 1 amide bonds. The van der Waals surface area contributed by atoms with Crippen molar-refractivity contribution in [2.75, 3.05) is 19.8 Å². The largest absolute Gasteiger partial charge is 0.381 e. The molecule has 1 fully saturated rings. The standard InChI is InChI=1S/C12H17N3O2S/c13-11(16)12-14-9-1-4-15(7-10(9)18-12)8-2-5-17-6-3-8/h8H,1-7H2,(H2,13,16). The van der Waals surface area contributed by atoms with E-state index in [9.17, 15) is 4.79 Å². The third-order valence-electron chi connectivity index (χ3n) is 3.68. The first-order valence-electron chi connectivity index (χ1n) is 6.34. The van der Waals surface area contributed by atoms with Crippen molar-refractivity contribution in [3.8, 4) is 0 Å². The average Bonchev–Trinajstić information content (AvgIpc) is 2.82. The Morgan fingerprint density at radius 3 is 2.94 bits per heavy atom. The number of carbonyl (C=O) groups excluding carboxylic acids is 1. The number of thiazole rings is 1. The van der Waals surface area contributed by atoms with Crippen LogP contribution in [-0.2, 0) is 17.7 Å². The zero-order chi connectivity index (χ0) is 12.5. The van der Waals surface area contributed by atoms with Crippen LogP contribution in [0.2, 0.25) is 0 Å². The van der Waals surface area contributed by atoms with E-state index in [1.165, 1.54) is 16.2 Å². The molecule has 6 heteroatoms. The molecule has 2 N–H and O–H groups in total. The lowest BCUT2D eigenvalue weighted by Gasteiger charge is -2.36. The van der Waals surface area contributed by atoms with Crippen LogP contribution in [0.5, 0.6) is 0 Å². The van der Waals surface area contributed by atoms with E-state index in [1.807, 2.05) is 0 Å². The second-order valence-corrected chi connectivity index (χ2v) is 5.90. The number of hydrogen-bond acceptors (Lipinski definition) is 5. The number of carbonyl (C=O) groups is 1. The van der Waals surface area contributed by atoms with E-state index in [4.69, 9.17) is 10.5 Å². The van der Waals surface area contributed by atoms with Gasteiger partial charge in [-0.25, -0.2) is 4.98 Å². The van der Waals surface area contributed by atoms with Gasteiger partial charge in [-0.2, -0.15) is 0 Å². The summed E-state index contributed by atoms with van der Waals surface area (Å²) in [5, 5.41) is 0.453. The van der Waals surface area contributed by atoms with Crippen LogP contribution in [0, 0.1) is 0 Å². The van der Waals surface area contributed by atoms with Crippen LogP contribution in [0.15, 0.2) is 0 Å². The van der Waals surface area contributed by atoms with Crippen molar-refractivity contribution in [1.29, 1.82) is 0 Å². The smallest absolute Gasteiger partial charge is 0.277 e. The minimum absolute atomic E-state index is 0.410. The minimum Gasteiger partial charge on any atom is -0.381 e. The molecule has 3 heterocycles. The van der Waals surface area contributed by atoms with Crippen molar-refractivity contribution in [3.05, 3.63) is 15.6 Å². The van der Waals surface area contributed by atoms with Crippen LogP contribution >= 0.6 is 11.3 Å². The Bertz CT molecular complexity index is 454. The Morgan fingerprint density at radius 2 is 2.22 bits per heavy atom. The monoisotopic (exact) mass is 267 g/mol. The number of rotatable bonds is 2. The fourth-order valence-corrected chi connectivity index (χ4v) is 3.67. The first kappa shape index (κ1) is 12.1. The third-order valence-corrected chi connectivity index (χ3v) is 4.78. The summed E-state index contributed by atoms with van der Waals surface area (Å²) in [6.07, 6.45) is 3.14. The summed E-state index contributed by atoms with van der Waals surface area (Å²) in [5.41, 5.74) is 6.35. The van der Waals surface area contributed by atoms with Gasteiger partial charge in [0.15, 0.2) is 5.01 Å². The number of primary amides is 1. The second kappa shape index (κ2) is 4.95. The van der Waals surface area contributed by atoms with Crippen LogP contribution in [0.3, 0.4) is 0 Å². The maximum atomic E-state index is 11.1. The zero-order valence-electron chi connectivity index (χ0n) is 10.2. The second-order valence-electron chi connectivity index (χ2n) is 4.82. The van der Waals surface area contributed by atoms with Crippen LogP contribution < -0.4 is 5.73 Å². The zero-order valence-corrected chi connectivity index (χ0v) is 11.0. The maximum Gasteiger partial charge on any atom is 0.277 e. The molecule has 2 aliphatic rings. The van der Waals surface area contributed by atoms with Gasteiger partial charge >= 0.3 is 0 Å². The van der Waals surface area contributed by atoms with Crippen LogP contribution in [0.25, 0.3) is 0 Å². The summed E-state index contributed by atoms with van der Waals surface area (Å²) >= 11 is 1.45. The van der Waals surface area contributed by atoms with E-state index < -0.39 is 5.91 Å². The number of hydrogen-bond donors (Lipinski definition) is 1. The minimum atomic E-state index is -0.410. The number of amides is 1. The van der Waals surface area contributed by atoms with Gasteiger partial charge in [0, 0.05) is 43.6 Å². The van der Waals surface area contributed by atoms with E-state index in [0.29, 0.717) is 11.0 Å². The average molecular weight is 267 g/mol. The van der Waals surface area contributed by atoms with E-state index >= 15 is 0 Å². The summed E-state index contributed by atoms with van der Waals surface area (Å²) < 4.78 is 5.40. The Hall–Kier alpha value is -0.980. The molecule has 0 unspecified atom stereocenters. The lowest BCUT2D eigenvalue weighted by Crippen LogP contribution is -2.42. The predicted molar refractivity (Wildman–Crippen MR) is 68.6 cm³/mol. The van der Waals surface area contributed by atoms with Gasteiger partial charge in [0.2, 0.25) is 0 Å². The van der Waals surface area contributed by atoms with Crippen molar-refractivity contribution in [2.45, 2.75) is 31.8 Å². The summed E-state index contributed by atoms with van der Waals surface area (Å²) in [6.45, 7) is 3.66. The summed E-state index contributed by atoms with van der Waals surface area (Å²) in [7, 11) is 0. The summed E-state index contributed by atoms with van der Waals surface area (Å²) in [6, 6.07) is 0.617. The number of ether oxygens (including phenoxy) is 1. The molecule has 2 aliphatic heterocycles. The molecule has 18 heavy (non-hydrogen) atoms. The molecule has 0 bridgehead atoms. The molecule has 98 valence electrons. The van der Waals surface area contributed by atoms with Gasteiger partial charge in [-0.05, 0) is 12.8 Å². The van der Waals surface area contributed by atoms with Gasteiger partial charge < -0.3 is 10.5 Å². The third kappa shape index (κ3) is 2.28. The van der Waals surface area contributed by atoms with Crippen LogP contribution in [-0.4, -0.2) is 41.6 Å². The number of nitrogens with zero attached hydrogens (tertiary/aromatic N) is 2. The normalized spacial score (nSPS) is 21.8. The van der Waals surface area contributed by atoms with E-state index in [2.05, 4.69) is 9.88 Å². The molecular formula is C12H17N3O2S. The Kier molecular flexibility index (Phi) is 3.32. The molecule has 0 radical (unpaired) electrons. The van der Waals surface area contributed by atoms with E-state index in [1.54, 1.807) is 0 Å². The molecule has 1 aromatic heterocycles. The quantitative estimate of drug-likeness (QED) is 0.859. The number of aromatic nitrogens is 1. The summed E-state index contributed by atoms with van der Waals surface area (Å²) in [4.78, 5) is 19.2. The van der Waals surface area contributed by atoms with Gasteiger partial charge in [0.1, 0.15) is 0 Å². The first-order valence-corrected chi connectivity index (χ1v) is 7.16. The van der Waals surface area contributed by atoms with Gasteiger partial charge in [-0.15, -0.1) is 11.3 Å². The topological polar surface area (TPSA) is 68.5 Å². The van der Waals surface area contributed by atoms with Crippen molar-refractivity contribution in [1.82, 2.24) is 9.88 Å². The van der Waals surface area contributed by atoms with Crippen molar-refractivity contribution >= 4 is 17.2 Å². The van der Waals surface area contributed by atoms with E-state index in [-0.39, 0.29) is 0 Å². The fourth-order valence-electron chi connectivity index (χ4n) is 2.68. The number of fused-ring (bicyclic) bond motifs is 1. The van der Waals surface area contributed by atoms with Crippen molar-refractivity contribution in [3.63, 3.8) is 0 Å². The number of nitrogens with two attached hydrogens (primary N) is 1. The highest BCUT2D eigenvalue weighted by Crippen LogP contribution is 2.28. The highest BCUT2D eigenvalue weighted by molar-refractivity contribution is 7.13. The first-order chi connectivity index (χ1) is 8.74. The summed E-state index contributed by atoms with van der Waals surface area (Å²) in [5.74, 6) is -0.410. The molecule has 1 saturated heterocycles. The molecule has 5 nitrogen and oxygen atoms in total. The molecule has 3 rings (SSSR count). The van der Waals surface area contributed by atoms with Crippen molar-refractivity contribution < 1.29 is 9.53 Å². The molecular weight excluding hydrogens is 250 g/mol. The van der Waals surface area contributed by atoms with Gasteiger partial charge in [-0.3, -0.25) is 9.69 Å². The van der Waals surface area contributed by atoms with Gasteiger partial charge in [0.05, 0.1) is 5.69 Å². The SMILES string of the molecule is NC(=O)c1nc2c(s1)CN(C1CCOCC1)CC2. The van der Waals surface area contributed by atoms with E-state index in [0.717, 1.165) is 51.3 Å². The highest BCUT2D eigenvalue weighted by atomic mass is 32.1. The molecule has 0 atom stereocenters. The highest BCUT2D eigenvalue weighted by Gasteiger charge is 2.27. The van der Waals surface area contributed by atoms with Gasteiger partial charge in [0.25, 0.3) is 5.91 Å². The fraction of sp³-hybridized carbons (Fsp3) is 0.667. The molecule has 0 spiro atoms. The van der Waals surface area contributed by atoms with Gasteiger partial charge in [-0.1, -0.05) is 0 Å². The van der Waals surface area contributed by atoms with Crippen molar-refractivity contribution in [2.24, 2.45) is 5.73 Å². The molecule has 0 aliphatic carbocycles. The van der Waals surface area contributed by atoms with Crippen LogP contribution in [0.4, 0.5) is 0 Å². The lowest BCUT2D eigenvalue weighted by atomic mass is 10.0. The maximum absolute atomic E-state index is 11.1.